The number of nitrogens with one attached hydrogen (secondary N) is 1. The molecule has 0 spiro atoms. The molecule has 0 amide bonds. The van der Waals surface area contributed by atoms with Gasteiger partial charge in [0, 0.05) is 50.0 Å². The van der Waals surface area contributed by atoms with E-state index in [1.807, 2.05) is 0 Å². The van der Waals surface area contributed by atoms with Crippen molar-refractivity contribution in [3.05, 3.63) is 41.7 Å². The molecule has 0 bridgehead atoms. The van der Waals surface area contributed by atoms with Crippen LogP contribution in [0.25, 0.3) is 11.3 Å². The van der Waals surface area contributed by atoms with Gasteiger partial charge in [-0.1, -0.05) is 0 Å². The van der Waals surface area contributed by atoms with Crippen LogP contribution in [-0.2, 0) is 4.74 Å². The predicted molar refractivity (Wildman–Crippen MR) is 116 cm³/mol. The van der Waals surface area contributed by atoms with Gasteiger partial charge in [0.15, 0.2) is 11.6 Å². The Morgan fingerprint density at radius 3 is 2.41 bits per heavy atom. The fourth-order valence-corrected chi connectivity index (χ4v) is 5.79. The quantitative estimate of drug-likeness (QED) is 0.686. The van der Waals surface area contributed by atoms with Crippen molar-refractivity contribution in [3.63, 3.8) is 0 Å². The maximum Gasteiger partial charge on any atom is 0.168 e. The number of likely N-dealkylation sites (tertiary alicyclic amines) is 1. The first-order chi connectivity index (χ1) is 15.5. The summed E-state index contributed by atoms with van der Waals surface area (Å²) >= 11 is 0. The highest BCUT2D eigenvalue weighted by Crippen LogP contribution is 2.41. The van der Waals surface area contributed by atoms with Crippen molar-refractivity contribution in [1.82, 2.24) is 15.1 Å². The summed E-state index contributed by atoms with van der Waals surface area (Å²) in [6.07, 6.45) is 4.51. The first-order valence-electron chi connectivity index (χ1n) is 11.5. The fraction of sp³-hybridized carbons (Fsp3) is 0.583. The van der Waals surface area contributed by atoms with E-state index in [9.17, 15) is 13.2 Å². The largest absolute Gasteiger partial charge is 0.381 e. The Bertz CT molecular complexity index is 937. The number of ether oxygens (including phenoxy) is 1. The van der Waals surface area contributed by atoms with Crippen LogP contribution in [0.4, 0.5) is 19.0 Å². The number of hydrogen-bond donors (Lipinski definition) is 1. The lowest BCUT2D eigenvalue weighted by Gasteiger charge is -2.35. The molecular weight excluding hydrogens is 417 g/mol. The van der Waals surface area contributed by atoms with E-state index in [-0.39, 0.29) is 11.3 Å². The highest BCUT2D eigenvalue weighted by Gasteiger charge is 2.43. The number of aromatic nitrogens is 2. The summed E-state index contributed by atoms with van der Waals surface area (Å²) in [5, 5.41) is 11.6. The second-order valence-corrected chi connectivity index (χ2v) is 9.53. The van der Waals surface area contributed by atoms with Gasteiger partial charge in [0.2, 0.25) is 0 Å². The molecule has 32 heavy (non-hydrogen) atoms. The maximum atomic E-state index is 14.0. The SMILES string of the molecule is CC(C1CCOCC1)N1CC2CC(Nc3ccc(-c4cc(F)cc(F)c4F)nn3)C[C@@H]2C1. The molecule has 2 aliphatic heterocycles. The van der Waals surface area contributed by atoms with Crippen LogP contribution in [0.15, 0.2) is 24.3 Å². The molecule has 1 N–H and O–H groups in total. The van der Waals surface area contributed by atoms with Crippen molar-refractivity contribution in [1.29, 1.82) is 0 Å². The lowest BCUT2D eigenvalue weighted by Crippen LogP contribution is -2.40. The van der Waals surface area contributed by atoms with Gasteiger partial charge in [-0.3, -0.25) is 4.90 Å². The van der Waals surface area contributed by atoms with E-state index >= 15 is 0 Å². The molecule has 2 saturated heterocycles. The average Bonchev–Trinajstić information content (AvgIpc) is 3.36. The number of halogens is 3. The Labute approximate surface area is 186 Å². The summed E-state index contributed by atoms with van der Waals surface area (Å²) in [5.74, 6) is -0.491. The lowest BCUT2D eigenvalue weighted by atomic mass is 9.92. The molecule has 2 aromatic rings. The molecule has 1 aromatic carbocycles. The Morgan fingerprint density at radius 2 is 1.75 bits per heavy atom. The van der Waals surface area contributed by atoms with Gasteiger partial charge in [-0.25, -0.2) is 13.2 Å². The van der Waals surface area contributed by atoms with Gasteiger partial charge in [-0.15, -0.1) is 10.2 Å². The molecule has 5 rings (SSSR count). The summed E-state index contributed by atoms with van der Waals surface area (Å²) in [5.41, 5.74) is -0.122. The van der Waals surface area contributed by atoms with Gasteiger partial charge in [0.1, 0.15) is 11.6 Å². The van der Waals surface area contributed by atoms with E-state index in [4.69, 9.17) is 4.74 Å². The summed E-state index contributed by atoms with van der Waals surface area (Å²) in [6.45, 7) is 6.45. The van der Waals surface area contributed by atoms with Crippen LogP contribution in [0.2, 0.25) is 0 Å². The standard InChI is InChI=1S/C24H29F3N4O/c1-14(15-4-6-32-7-5-15)31-12-16-8-19(9-17(16)13-31)28-23-3-2-22(29-30-23)20-10-18(25)11-21(26)24(20)27/h2-3,10-11,14-17,19H,4-9,12-13H2,1H3,(H,28,30)/t14?,16-,17?,19?/m1/s1. The third-order valence-electron chi connectivity index (χ3n) is 7.59. The van der Waals surface area contributed by atoms with Crippen molar-refractivity contribution in [2.45, 2.75) is 44.7 Å². The van der Waals surface area contributed by atoms with Crippen molar-refractivity contribution in [2.24, 2.45) is 17.8 Å². The van der Waals surface area contributed by atoms with Gasteiger partial charge >= 0.3 is 0 Å². The third-order valence-corrected chi connectivity index (χ3v) is 7.59. The summed E-state index contributed by atoms with van der Waals surface area (Å²) in [6, 6.07) is 5.62. The normalized spacial score (nSPS) is 27.4. The topological polar surface area (TPSA) is 50.3 Å². The Hall–Kier alpha value is -2.19. The number of anilines is 1. The summed E-state index contributed by atoms with van der Waals surface area (Å²) in [7, 11) is 0. The van der Waals surface area contributed by atoms with Crippen LogP contribution < -0.4 is 5.32 Å². The molecule has 3 aliphatic rings. The van der Waals surface area contributed by atoms with Gasteiger partial charge < -0.3 is 10.1 Å². The van der Waals surface area contributed by atoms with Crippen molar-refractivity contribution < 1.29 is 17.9 Å². The van der Waals surface area contributed by atoms with Crippen LogP contribution >= 0.6 is 0 Å². The minimum Gasteiger partial charge on any atom is -0.381 e. The third kappa shape index (κ3) is 4.35. The maximum absolute atomic E-state index is 14.0. The highest BCUT2D eigenvalue weighted by molar-refractivity contribution is 5.60. The molecule has 1 aliphatic carbocycles. The van der Waals surface area contributed by atoms with E-state index in [1.165, 1.54) is 0 Å². The first-order valence-corrected chi connectivity index (χ1v) is 11.5. The minimum atomic E-state index is -1.23. The van der Waals surface area contributed by atoms with Gasteiger partial charge in [0.05, 0.1) is 5.69 Å². The van der Waals surface area contributed by atoms with Gasteiger partial charge in [-0.05, 0) is 68.6 Å². The zero-order valence-corrected chi connectivity index (χ0v) is 18.2. The Balaban J connectivity index is 1.17. The van der Waals surface area contributed by atoms with E-state index in [2.05, 4.69) is 27.3 Å². The monoisotopic (exact) mass is 446 g/mol. The number of benzene rings is 1. The van der Waals surface area contributed by atoms with E-state index in [0.717, 1.165) is 64.0 Å². The van der Waals surface area contributed by atoms with Crippen LogP contribution in [0, 0.1) is 35.2 Å². The zero-order chi connectivity index (χ0) is 22.2. The van der Waals surface area contributed by atoms with Gasteiger partial charge in [-0.2, -0.15) is 0 Å². The number of rotatable bonds is 5. The molecular formula is C24H29F3N4O. The molecule has 3 unspecified atom stereocenters. The Morgan fingerprint density at radius 1 is 1.03 bits per heavy atom. The molecule has 1 aromatic heterocycles. The van der Waals surface area contributed by atoms with Crippen LogP contribution in [0.1, 0.15) is 32.6 Å². The highest BCUT2D eigenvalue weighted by atomic mass is 19.2. The van der Waals surface area contributed by atoms with Crippen molar-refractivity contribution in [3.8, 4) is 11.3 Å². The second kappa shape index (κ2) is 8.98. The minimum absolute atomic E-state index is 0.104. The van der Waals surface area contributed by atoms with Crippen LogP contribution in [0.5, 0.6) is 0 Å². The van der Waals surface area contributed by atoms with Crippen LogP contribution in [0.3, 0.4) is 0 Å². The average molecular weight is 447 g/mol. The molecule has 172 valence electrons. The fourth-order valence-electron chi connectivity index (χ4n) is 5.79. The lowest BCUT2D eigenvalue weighted by molar-refractivity contribution is 0.0338. The Kier molecular flexibility index (Phi) is 6.07. The van der Waals surface area contributed by atoms with E-state index in [0.29, 0.717) is 35.8 Å². The van der Waals surface area contributed by atoms with Crippen molar-refractivity contribution in [2.75, 3.05) is 31.6 Å². The molecule has 0 radical (unpaired) electrons. The second-order valence-electron chi connectivity index (χ2n) is 9.53. The zero-order valence-electron chi connectivity index (χ0n) is 18.2. The summed E-state index contributed by atoms with van der Waals surface area (Å²) < 4.78 is 46.5. The van der Waals surface area contributed by atoms with E-state index in [1.54, 1.807) is 12.1 Å². The predicted octanol–water partition coefficient (Wildman–Crippen LogP) is 4.50. The molecule has 1 saturated carbocycles. The molecule has 8 heteroatoms. The number of nitrogens with zero attached hydrogens (tertiary/aromatic N) is 3. The summed E-state index contributed by atoms with van der Waals surface area (Å²) in [4.78, 5) is 2.67. The van der Waals surface area contributed by atoms with E-state index < -0.39 is 17.5 Å². The van der Waals surface area contributed by atoms with Crippen molar-refractivity contribution >= 4 is 5.82 Å². The van der Waals surface area contributed by atoms with Crippen LogP contribution in [-0.4, -0.2) is 53.5 Å². The molecule has 4 atom stereocenters. The first kappa shape index (κ1) is 21.6. The molecule has 5 nitrogen and oxygen atoms in total. The molecule has 3 fully saturated rings. The molecule has 3 heterocycles. The number of hydrogen-bond acceptors (Lipinski definition) is 5. The number of fused-ring (bicyclic) bond motifs is 1. The smallest absolute Gasteiger partial charge is 0.168 e. The van der Waals surface area contributed by atoms with Gasteiger partial charge in [0.25, 0.3) is 0 Å².